The average molecular weight is 177 g/mol. The van der Waals surface area contributed by atoms with Crippen molar-refractivity contribution in [1.82, 2.24) is 9.55 Å². The first-order chi connectivity index (χ1) is 6.38. The van der Waals surface area contributed by atoms with Crippen molar-refractivity contribution < 1.29 is 0 Å². The number of hydrogen-bond acceptors (Lipinski definition) is 2. The number of hydrogen-bond donors (Lipinski definition) is 0. The topological polar surface area (TPSA) is 21.1 Å². The van der Waals surface area contributed by atoms with Crippen molar-refractivity contribution in [2.45, 2.75) is 37.8 Å². The lowest BCUT2D eigenvalue weighted by Crippen LogP contribution is -2.33. The molecule has 1 aliphatic carbocycles. The van der Waals surface area contributed by atoms with Crippen LogP contribution in [0.2, 0.25) is 0 Å². The van der Waals surface area contributed by atoms with Gasteiger partial charge in [-0.05, 0) is 12.8 Å². The van der Waals surface area contributed by atoms with Gasteiger partial charge in [0, 0.05) is 19.4 Å². The molecule has 2 heterocycles. The second-order valence-corrected chi connectivity index (χ2v) is 4.16. The SMILES string of the molecule is CN1c2nccn2[C@@H]2CCCCC21. The van der Waals surface area contributed by atoms with Crippen LogP contribution < -0.4 is 4.90 Å². The first-order valence-corrected chi connectivity index (χ1v) is 5.13. The highest BCUT2D eigenvalue weighted by Gasteiger charge is 2.37. The second-order valence-electron chi connectivity index (χ2n) is 4.16. The van der Waals surface area contributed by atoms with Crippen LogP contribution >= 0.6 is 0 Å². The molecule has 0 spiro atoms. The lowest BCUT2D eigenvalue weighted by molar-refractivity contribution is 0.336. The van der Waals surface area contributed by atoms with Crippen molar-refractivity contribution in [1.29, 1.82) is 0 Å². The summed E-state index contributed by atoms with van der Waals surface area (Å²) in [6.07, 6.45) is 9.48. The molecule has 0 N–H and O–H groups in total. The normalized spacial score (nSPS) is 31.6. The molecule has 0 saturated heterocycles. The fourth-order valence-corrected chi connectivity index (χ4v) is 2.85. The van der Waals surface area contributed by atoms with Gasteiger partial charge in [-0.2, -0.15) is 0 Å². The molecule has 70 valence electrons. The second kappa shape index (κ2) is 2.50. The number of rotatable bonds is 0. The van der Waals surface area contributed by atoms with Crippen LogP contribution in [0.1, 0.15) is 31.7 Å². The highest BCUT2D eigenvalue weighted by molar-refractivity contribution is 5.38. The molecule has 2 atom stereocenters. The Hall–Kier alpha value is -0.990. The standard InChI is InChI=1S/C10H15N3/c1-12-8-4-2-3-5-9(8)13-7-6-11-10(12)13/h6-9H,2-5H2,1H3/t8?,9-/m1/s1. The zero-order valence-corrected chi connectivity index (χ0v) is 7.98. The van der Waals surface area contributed by atoms with Gasteiger partial charge in [-0.3, -0.25) is 0 Å². The van der Waals surface area contributed by atoms with E-state index in [1.165, 1.54) is 25.7 Å². The molecule has 1 fully saturated rings. The smallest absolute Gasteiger partial charge is 0.205 e. The molecule has 3 rings (SSSR count). The molecule has 3 nitrogen and oxygen atoms in total. The van der Waals surface area contributed by atoms with Crippen LogP contribution in [0.25, 0.3) is 0 Å². The number of nitrogens with zero attached hydrogens (tertiary/aromatic N) is 3. The maximum Gasteiger partial charge on any atom is 0.205 e. The van der Waals surface area contributed by atoms with Gasteiger partial charge in [0.25, 0.3) is 0 Å². The molecule has 1 aromatic heterocycles. The van der Waals surface area contributed by atoms with Crippen molar-refractivity contribution in [2.75, 3.05) is 11.9 Å². The summed E-state index contributed by atoms with van der Waals surface area (Å²) in [5.74, 6) is 1.16. The molecule has 13 heavy (non-hydrogen) atoms. The van der Waals surface area contributed by atoms with Gasteiger partial charge < -0.3 is 9.47 Å². The first kappa shape index (κ1) is 7.42. The maximum absolute atomic E-state index is 4.39. The Morgan fingerprint density at radius 2 is 2.08 bits per heavy atom. The molecule has 0 radical (unpaired) electrons. The minimum absolute atomic E-state index is 0.705. The lowest BCUT2D eigenvalue weighted by atomic mass is 9.91. The minimum atomic E-state index is 0.705. The quantitative estimate of drug-likeness (QED) is 0.602. The number of aromatic nitrogens is 2. The molecule has 0 aromatic carbocycles. The van der Waals surface area contributed by atoms with E-state index >= 15 is 0 Å². The summed E-state index contributed by atoms with van der Waals surface area (Å²) in [5.41, 5.74) is 0. The van der Waals surface area contributed by atoms with Crippen molar-refractivity contribution in [3.05, 3.63) is 12.4 Å². The maximum atomic E-state index is 4.39. The van der Waals surface area contributed by atoms with Crippen molar-refractivity contribution in [2.24, 2.45) is 0 Å². The molecule has 2 aliphatic rings. The minimum Gasteiger partial charge on any atom is -0.340 e. The summed E-state index contributed by atoms with van der Waals surface area (Å²) in [5, 5.41) is 0. The third kappa shape index (κ3) is 0.872. The van der Waals surface area contributed by atoms with E-state index in [1.54, 1.807) is 0 Å². The summed E-state index contributed by atoms with van der Waals surface area (Å²) in [7, 11) is 2.18. The summed E-state index contributed by atoms with van der Waals surface area (Å²) >= 11 is 0. The summed E-state index contributed by atoms with van der Waals surface area (Å²) < 4.78 is 2.35. The van der Waals surface area contributed by atoms with Crippen molar-refractivity contribution >= 4 is 5.95 Å². The highest BCUT2D eigenvalue weighted by Crippen LogP contribution is 2.40. The highest BCUT2D eigenvalue weighted by atomic mass is 15.4. The number of imidazole rings is 1. The number of likely N-dealkylation sites (N-methyl/N-ethyl adjacent to an activating group) is 1. The van der Waals surface area contributed by atoms with Gasteiger partial charge in [0.2, 0.25) is 5.95 Å². The van der Waals surface area contributed by atoms with E-state index in [-0.39, 0.29) is 0 Å². The summed E-state index contributed by atoms with van der Waals surface area (Å²) in [6.45, 7) is 0. The third-order valence-corrected chi connectivity index (χ3v) is 3.51. The Morgan fingerprint density at radius 1 is 1.31 bits per heavy atom. The Kier molecular flexibility index (Phi) is 1.43. The lowest BCUT2D eigenvalue weighted by Gasteiger charge is -2.29. The van der Waals surface area contributed by atoms with E-state index in [9.17, 15) is 0 Å². The van der Waals surface area contributed by atoms with E-state index in [2.05, 4.69) is 27.7 Å². The van der Waals surface area contributed by atoms with Crippen molar-refractivity contribution in [3.63, 3.8) is 0 Å². The van der Waals surface area contributed by atoms with Crippen LogP contribution in [-0.2, 0) is 0 Å². The Morgan fingerprint density at radius 3 is 2.92 bits per heavy atom. The van der Waals surface area contributed by atoms with E-state index in [4.69, 9.17) is 0 Å². The molecular weight excluding hydrogens is 162 g/mol. The van der Waals surface area contributed by atoms with Crippen molar-refractivity contribution in [3.8, 4) is 0 Å². The molecule has 0 amide bonds. The van der Waals surface area contributed by atoms with Crippen LogP contribution in [0, 0.1) is 0 Å². The number of fused-ring (bicyclic) bond motifs is 3. The van der Waals surface area contributed by atoms with Crippen LogP contribution in [0.15, 0.2) is 12.4 Å². The van der Waals surface area contributed by atoms with Gasteiger partial charge in [0.05, 0.1) is 12.1 Å². The van der Waals surface area contributed by atoms with Gasteiger partial charge in [0.15, 0.2) is 0 Å². The molecule has 1 aromatic rings. The van der Waals surface area contributed by atoms with Crippen LogP contribution in [0.5, 0.6) is 0 Å². The predicted molar refractivity (Wildman–Crippen MR) is 51.9 cm³/mol. The van der Waals surface area contributed by atoms with Crippen LogP contribution in [0.4, 0.5) is 5.95 Å². The third-order valence-electron chi connectivity index (χ3n) is 3.51. The van der Waals surface area contributed by atoms with Gasteiger partial charge in [-0.1, -0.05) is 12.8 Å². The molecule has 1 unspecified atom stereocenters. The van der Waals surface area contributed by atoms with E-state index in [0.717, 1.165) is 12.0 Å². The van der Waals surface area contributed by atoms with E-state index in [1.807, 2.05) is 6.20 Å². The summed E-state index contributed by atoms with van der Waals surface area (Å²) in [4.78, 5) is 6.74. The van der Waals surface area contributed by atoms with Gasteiger partial charge in [0.1, 0.15) is 0 Å². The van der Waals surface area contributed by atoms with E-state index in [0.29, 0.717) is 6.04 Å². The molecule has 1 saturated carbocycles. The molecule has 3 heteroatoms. The Balaban J connectivity index is 2.03. The molecular formula is C10H15N3. The Labute approximate surface area is 78.4 Å². The van der Waals surface area contributed by atoms with Gasteiger partial charge >= 0.3 is 0 Å². The molecule has 1 aliphatic heterocycles. The van der Waals surface area contributed by atoms with Crippen LogP contribution in [-0.4, -0.2) is 22.6 Å². The largest absolute Gasteiger partial charge is 0.340 e. The zero-order chi connectivity index (χ0) is 8.84. The average Bonchev–Trinajstić information content (AvgIpc) is 2.72. The monoisotopic (exact) mass is 177 g/mol. The summed E-state index contributed by atoms with van der Waals surface area (Å²) in [6, 6.07) is 1.42. The first-order valence-electron chi connectivity index (χ1n) is 5.13. The van der Waals surface area contributed by atoms with Gasteiger partial charge in [-0.15, -0.1) is 0 Å². The molecule has 0 bridgehead atoms. The van der Waals surface area contributed by atoms with Gasteiger partial charge in [-0.25, -0.2) is 4.98 Å². The Bertz CT molecular complexity index is 318. The predicted octanol–water partition coefficient (Wildman–Crippen LogP) is 1.82. The number of anilines is 1. The zero-order valence-electron chi connectivity index (χ0n) is 7.98. The fraction of sp³-hybridized carbons (Fsp3) is 0.700. The van der Waals surface area contributed by atoms with Crippen LogP contribution in [0.3, 0.4) is 0 Å². The fourth-order valence-electron chi connectivity index (χ4n) is 2.85. The van der Waals surface area contributed by atoms with E-state index < -0.39 is 0 Å².